The van der Waals surface area contributed by atoms with Gasteiger partial charge in [-0.3, -0.25) is 4.79 Å². The zero-order valence-corrected chi connectivity index (χ0v) is 11.0. The molecule has 0 atom stereocenters. The lowest BCUT2D eigenvalue weighted by molar-refractivity contribution is -0.121. The Morgan fingerprint density at radius 2 is 1.70 bits per heavy atom. The van der Waals surface area contributed by atoms with Gasteiger partial charge in [0.2, 0.25) is 0 Å². The number of ketones is 1. The molecule has 1 heterocycles. The van der Waals surface area contributed by atoms with Gasteiger partial charge in [-0.05, 0) is 29.7 Å². The van der Waals surface area contributed by atoms with E-state index in [1.807, 2.05) is 71.4 Å². The number of hydrogen-bond acceptors (Lipinski definition) is 2. The number of fused-ring (bicyclic) bond motifs is 1. The van der Waals surface area contributed by atoms with Crippen molar-refractivity contribution in [2.75, 3.05) is 6.61 Å². The fourth-order valence-electron chi connectivity index (χ4n) is 2.19. The Morgan fingerprint density at radius 1 is 0.950 bits per heavy atom. The normalized spacial score (nSPS) is 10.6. The molecule has 0 radical (unpaired) electrons. The van der Waals surface area contributed by atoms with Gasteiger partial charge in [-0.25, -0.2) is 0 Å². The molecule has 0 aliphatic rings. The predicted molar refractivity (Wildman–Crippen MR) is 78.9 cm³/mol. The van der Waals surface area contributed by atoms with Crippen LogP contribution >= 0.6 is 0 Å². The highest BCUT2D eigenvalue weighted by Crippen LogP contribution is 2.15. The smallest absolute Gasteiger partial charge is 0.189 e. The van der Waals surface area contributed by atoms with Crippen LogP contribution in [0.1, 0.15) is 0 Å². The average molecular weight is 265 g/mol. The minimum absolute atomic E-state index is 0.0511. The van der Waals surface area contributed by atoms with Gasteiger partial charge in [-0.15, -0.1) is 0 Å². The first-order chi connectivity index (χ1) is 9.83. The van der Waals surface area contributed by atoms with E-state index in [4.69, 9.17) is 4.74 Å². The van der Waals surface area contributed by atoms with Crippen LogP contribution in [0.15, 0.2) is 66.9 Å². The van der Waals surface area contributed by atoms with Crippen molar-refractivity contribution >= 4 is 16.7 Å². The summed E-state index contributed by atoms with van der Waals surface area (Å²) in [5.74, 6) is 0.772. The Kier molecular flexibility index (Phi) is 3.50. The summed E-state index contributed by atoms with van der Waals surface area (Å²) in [6, 6.07) is 19.4. The topological polar surface area (TPSA) is 31.2 Å². The molecule has 0 fully saturated rings. The molecule has 0 bridgehead atoms. The van der Waals surface area contributed by atoms with Gasteiger partial charge in [0, 0.05) is 11.7 Å². The van der Waals surface area contributed by atoms with Crippen molar-refractivity contribution in [3.63, 3.8) is 0 Å². The summed E-state index contributed by atoms with van der Waals surface area (Å²) in [6.07, 6.45) is 1.94. The Balaban J connectivity index is 1.64. The van der Waals surface area contributed by atoms with Gasteiger partial charge in [0.15, 0.2) is 5.78 Å². The molecule has 0 N–H and O–H groups in total. The van der Waals surface area contributed by atoms with Gasteiger partial charge in [-0.1, -0.05) is 36.4 Å². The maximum atomic E-state index is 12.0. The molecule has 100 valence electrons. The van der Waals surface area contributed by atoms with Crippen LogP contribution in [0.25, 0.3) is 10.9 Å². The summed E-state index contributed by atoms with van der Waals surface area (Å²) >= 11 is 0. The van der Waals surface area contributed by atoms with Crippen LogP contribution < -0.4 is 4.74 Å². The molecule has 3 heteroatoms. The predicted octanol–water partition coefficient (Wildman–Crippen LogP) is 3.29. The molecular formula is C17H15NO2. The number of nitrogens with zero attached hydrogens (tertiary/aromatic N) is 1. The van der Waals surface area contributed by atoms with E-state index in [-0.39, 0.29) is 12.4 Å². The summed E-state index contributed by atoms with van der Waals surface area (Å²) in [5, 5.41) is 1.14. The van der Waals surface area contributed by atoms with Crippen molar-refractivity contribution in [3.8, 4) is 5.75 Å². The fraction of sp³-hybridized carbons (Fsp3) is 0.118. The molecule has 0 aliphatic heterocycles. The molecule has 2 aromatic carbocycles. The number of Topliss-reactive ketones (excluding diaryl/α,β-unsaturated/α-hetero) is 1. The third-order valence-corrected chi connectivity index (χ3v) is 3.17. The molecule has 0 spiro atoms. The number of carbonyl (C=O) groups excluding carboxylic acids is 1. The third-order valence-electron chi connectivity index (χ3n) is 3.17. The van der Waals surface area contributed by atoms with E-state index in [9.17, 15) is 4.79 Å². The lowest BCUT2D eigenvalue weighted by atomic mass is 10.2. The van der Waals surface area contributed by atoms with E-state index in [1.165, 1.54) is 0 Å². The van der Waals surface area contributed by atoms with Crippen molar-refractivity contribution in [2.45, 2.75) is 6.54 Å². The lowest BCUT2D eigenvalue weighted by Gasteiger charge is -2.07. The number of hydrogen-bond donors (Lipinski definition) is 0. The highest BCUT2D eigenvalue weighted by Gasteiger charge is 2.07. The molecule has 1 aromatic heterocycles. The number of rotatable bonds is 5. The molecule has 0 saturated carbocycles. The van der Waals surface area contributed by atoms with Crippen LogP contribution in [-0.2, 0) is 11.3 Å². The van der Waals surface area contributed by atoms with Crippen LogP contribution in [0, 0.1) is 0 Å². The average Bonchev–Trinajstić information content (AvgIpc) is 2.90. The number of benzene rings is 2. The van der Waals surface area contributed by atoms with E-state index in [2.05, 4.69) is 0 Å². The molecule has 0 amide bonds. The van der Waals surface area contributed by atoms with Gasteiger partial charge >= 0.3 is 0 Å². The van der Waals surface area contributed by atoms with Gasteiger partial charge < -0.3 is 9.30 Å². The lowest BCUT2D eigenvalue weighted by Crippen LogP contribution is -2.17. The van der Waals surface area contributed by atoms with Gasteiger partial charge in [0.1, 0.15) is 12.4 Å². The SMILES string of the molecule is O=C(COc1ccccc1)Cn1ccc2ccccc21. The van der Waals surface area contributed by atoms with Crippen LogP contribution in [-0.4, -0.2) is 17.0 Å². The molecule has 3 rings (SSSR count). The molecule has 0 saturated heterocycles. The van der Waals surface area contributed by atoms with Gasteiger partial charge in [-0.2, -0.15) is 0 Å². The van der Waals surface area contributed by atoms with Crippen LogP contribution in [0.2, 0.25) is 0 Å². The van der Waals surface area contributed by atoms with Crippen LogP contribution in [0.4, 0.5) is 0 Å². The van der Waals surface area contributed by atoms with Crippen molar-refractivity contribution in [1.82, 2.24) is 4.57 Å². The van der Waals surface area contributed by atoms with E-state index in [0.717, 1.165) is 16.7 Å². The summed E-state index contributed by atoms with van der Waals surface area (Å²) in [6.45, 7) is 0.427. The highest BCUT2D eigenvalue weighted by atomic mass is 16.5. The zero-order valence-electron chi connectivity index (χ0n) is 11.0. The Hall–Kier alpha value is -2.55. The molecule has 3 aromatic rings. The Bertz CT molecular complexity index is 716. The van der Waals surface area contributed by atoms with Crippen molar-refractivity contribution in [3.05, 3.63) is 66.9 Å². The Morgan fingerprint density at radius 3 is 2.55 bits per heavy atom. The van der Waals surface area contributed by atoms with E-state index in [1.54, 1.807) is 0 Å². The van der Waals surface area contributed by atoms with Crippen LogP contribution in [0.5, 0.6) is 5.75 Å². The van der Waals surface area contributed by atoms with E-state index >= 15 is 0 Å². The first-order valence-corrected chi connectivity index (χ1v) is 6.56. The number of para-hydroxylation sites is 2. The summed E-state index contributed by atoms with van der Waals surface area (Å²) in [5.41, 5.74) is 1.07. The van der Waals surface area contributed by atoms with Gasteiger partial charge in [0.25, 0.3) is 0 Å². The molecule has 0 aliphatic carbocycles. The Labute approximate surface area is 117 Å². The first kappa shape index (κ1) is 12.5. The van der Waals surface area contributed by atoms with Crippen molar-refractivity contribution in [2.24, 2.45) is 0 Å². The van der Waals surface area contributed by atoms with E-state index in [0.29, 0.717) is 6.54 Å². The quantitative estimate of drug-likeness (QED) is 0.709. The summed E-state index contributed by atoms with van der Waals surface area (Å²) in [7, 11) is 0. The second-order valence-corrected chi connectivity index (χ2v) is 4.64. The number of aromatic nitrogens is 1. The third kappa shape index (κ3) is 2.72. The molecular weight excluding hydrogens is 250 g/mol. The number of ether oxygens (including phenoxy) is 1. The van der Waals surface area contributed by atoms with Crippen molar-refractivity contribution < 1.29 is 9.53 Å². The van der Waals surface area contributed by atoms with E-state index < -0.39 is 0 Å². The molecule has 0 unspecified atom stereocenters. The fourth-order valence-corrected chi connectivity index (χ4v) is 2.19. The minimum Gasteiger partial charge on any atom is -0.486 e. The molecule has 20 heavy (non-hydrogen) atoms. The molecule has 3 nitrogen and oxygen atoms in total. The van der Waals surface area contributed by atoms with Crippen LogP contribution in [0.3, 0.4) is 0 Å². The maximum absolute atomic E-state index is 12.0. The number of carbonyl (C=O) groups is 1. The highest BCUT2D eigenvalue weighted by molar-refractivity contribution is 5.84. The largest absolute Gasteiger partial charge is 0.486 e. The monoisotopic (exact) mass is 265 g/mol. The zero-order chi connectivity index (χ0) is 13.8. The second-order valence-electron chi connectivity index (χ2n) is 4.64. The van der Waals surface area contributed by atoms with Gasteiger partial charge in [0.05, 0.1) is 6.54 Å². The minimum atomic E-state index is 0.0511. The summed E-state index contributed by atoms with van der Waals surface area (Å²) < 4.78 is 7.42. The first-order valence-electron chi connectivity index (χ1n) is 6.56. The summed E-state index contributed by atoms with van der Waals surface area (Å²) in [4.78, 5) is 12.0. The maximum Gasteiger partial charge on any atom is 0.189 e. The van der Waals surface area contributed by atoms with Crippen molar-refractivity contribution in [1.29, 1.82) is 0 Å². The standard InChI is InChI=1S/C17H15NO2/c19-15(13-20-16-7-2-1-3-8-16)12-18-11-10-14-6-4-5-9-17(14)18/h1-11H,12-13H2. The second kappa shape index (κ2) is 5.61.